The first-order valence-electron chi connectivity index (χ1n) is 6.87. The van der Waals surface area contributed by atoms with E-state index in [1.165, 1.54) is 0 Å². The van der Waals surface area contributed by atoms with Crippen molar-refractivity contribution in [3.63, 3.8) is 0 Å². The largest absolute Gasteiger partial charge is 0.481 e. The van der Waals surface area contributed by atoms with Gasteiger partial charge in [-0.1, -0.05) is 13.8 Å². The van der Waals surface area contributed by atoms with Gasteiger partial charge in [0.2, 0.25) is 5.91 Å². The normalized spacial score (nSPS) is 24.4. The lowest BCUT2D eigenvalue weighted by Gasteiger charge is -2.37. The molecule has 19 heavy (non-hydrogen) atoms. The van der Waals surface area contributed by atoms with Gasteiger partial charge in [0.1, 0.15) is 0 Å². The molecule has 6 heteroatoms. The zero-order chi connectivity index (χ0) is 14.4. The summed E-state index contributed by atoms with van der Waals surface area (Å²) in [5.74, 6) is -0.736. The Hall–Kier alpha value is -1.14. The Morgan fingerprint density at radius 3 is 2.63 bits per heavy atom. The Morgan fingerprint density at radius 1 is 1.42 bits per heavy atom. The van der Waals surface area contributed by atoms with E-state index in [1.54, 1.807) is 0 Å². The van der Waals surface area contributed by atoms with Crippen LogP contribution >= 0.6 is 0 Å². The summed E-state index contributed by atoms with van der Waals surface area (Å²) in [6, 6.07) is 0.0274. The molecular formula is C13H25N3O3. The smallest absolute Gasteiger partial charge is 0.303 e. The minimum absolute atomic E-state index is 0.0219. The van der Waals surface area contributed by atoms with Crippen LogP contribution < -0.4 is 11.1 Å². The number of carbonyl (C=O) groups excluding carboxylic acids is 1. The highest BCUT2D eigenvalue weighted by Gasteiger charge is 2.29. The Bertz CT molecular complexity index is 320. The van der Waals surface area contributed by atoms with Crippen LogP contribution in [0.1, 0.15) is 26.7 Å². The third-order valence-corrected chi connectivity index (χ3v) is 3.39. The number of carbonyl (C=O) groups is 2. The average molecular weight is 271 g/mol. The molecule has 0 spiro atoms. The average Bonchev–Trinajstić information content (AvgIpc) is 2.27. The topological polar surface area (TPSA) is 95.7 Å². The van der Waals surface area contributed by atoms with Crippen LogP contribution in [0.15, 0.2) is 0 Å². The lowest BCUT2D eigenvalue weighted by Crippen LogP contribution is -2.52. The van der Waals surface area contributed by atoms with Crippen molar-refractivity contribution < 1.29 is 14.7 Å². The van der Waals surface area contributed by atoms with Crippen LogP contribution in [-0.2, 0) is 9.59 Å². The molecule has 1 saturated heterocycles. The Balaban J connectivity index is 2.59. The van der Waals surface area contributed by atoms with E-state index < -0.39 is 5.97 Å². The molecule has 2 atom stereocenters. The zero-order valence-corrected chi connectivity index (χ0v) is 11.8. The van der Waals surface area contributed by atoms with Gasteiger partial charge in [-0.05, 0) is 12.3 Å². The first-order chi connectivity index (χ1) is 8.92. The maximum atomic E-state index is 11.7. The first kappa shape index (κ1) is 15.9. The van der Waals surface area contributed by atoms with E-state index in [1.807, 2.05) is 13.8 Å². The third-order valence-electron chi connectivity index (χ3n) is 3.39. The van der Waals surface area contributed by atoms with E-state index >= 15 is 0 Å². The number of hydrogen-bond acceptors (Lipinski definition) is 4. The van der Waals surface area contributed by atoms with Crippen LogP contribution in [0, 0.1) is 11.8 Å². The number of nitrogens with zero attached hydrogens (tertiary/aromatic N) is 1. The molecule has 110 valence electrons. The van der Waals surface area contributed by atoms with Crippen molar-refractivity contribution in [3.8, 4) is 0 Å². The van der Waals surface area contributed by atoms with E-state index in [4.69, 9.17) is 10.8 Å². The summed E-state index contributed by atoms with van der Waals surface area (Å²) in [5.41, 5.74) is 5.56. The van der Waals surface area contributed by atoms with Crippen LogP contribution in [0.2, 0.25) is 0 Å². The third kappa shape index (κ3) is 5.57. The molecule has 0 bridgehead atoms. The summed E-state index contributed by atoms with van der Waals surface area (Å²) in [6.45, 7) is 6.49. The molecule has 6 nitrogen and oxygen atoms in total. The summed E-state index contributed by atoms with van der Waals surface area (Å²) < 4.78 is 0. The minimum Gasteiger partial charge on any atom is -0.481 e. The zero-order valence-electron chi connectivity index (χ0n) is 11.8. The highest BCUT2D eigenvalue weighted by molar-refractivity contribution is 5.78. The van der Waals surface area contributed by atoms with Gasteiger partial charge in [0.25, 0.3) is 0 Å². The van der Waals surface area contributed by atoms with Crippen molar-refractivity contribution in [1.82, 2.24) is 10.2 Å². The fraction of sp³-hybridized carbons (Fsp3) is 0.846. The van der Waals surface area contributed by atoms with Gasteiger partial charge < -0.3 is 16.2 Å². The molecule has 0 aromatic rings. The second kappa shape index (κ2) is 7.45. The van der Waals surface area contributed by atoms with Gasteiger partial charge in [0.15, 0.2) is 0 Å². The number of carboxylic acids is 1. The molecule has 1 fully saturated rings. The molecule has 2 unspecified atom stereocenters. The SMILES string of the molecule is CC(C)C(=O)NC1CC(CC(=O)O)CN(CCN)C1. The number of nitrogens with one attached hydrogen (secondary N) is 1. The number of hydrogen-bond donors (Lipinski definition) is 3. The molecule has 1 amide bonds. The van der Waals surface area contributed by atoms with Gasteiger partial charge in [-0.2, -0.15) is 0 Å². The quantitative estimate of drug-likeness (QED) is 0.626. The van der Waals surface area contributed by atoms with Crippen LogP contribution in [-0.4, -0.2) is 54.1 Å². The number of carboxylic acid groups (broad SMARTS) is 1. The highest BCUT2D eigenvalue weighted by Crippen LogP contribution is 2.20. The first-order valence-corrected chi connectivity index (χ1v) is 6.87. The van der Waals surface area contributed by atoms with Crippen molar-refractivity contribution in [2.24, 2.45) is 17.6 Å². The van der Waals surface area contributed by atoms with Crippen molar-refractivity contribution in [2.45, 2.75) is 32.7 Å². The lowest BCUT2D eigenvalue weighted by molar-refractivity contribution is -0.138. The maximum Gasteiger partial charge on any atom is 0.303 e. The molecule has 0 saturated carbocycles. The monoisotopic (exact) mass is 271 g/mol. The summed E-state index contributed by atoms with van der Waals surface area (Å²) >= 11 is 0. The maximum absolute atomic E-state index is 11.7. The van der Waals surface area contributed by atoms with E-state index in [-0.39, 0.29) is 30.2 Å². The summed E-state index contributed by atoms with van der Waals surface area (Å²) in [6.07, 6.45) is 0.876. The fourth-order valence-electron chi connectivity index (χ4n) is 2.54. The Labute approximate surface area is 114 Å². The number of nitrogens with two attached hydrogens (primary N) is 1. The van der Waals surface area contributed by atoms with Crippen LogP contribution in [0.25, 0.3) is 0 Å². The van der Waals surface area contributed by atoms with Crippen molar-refractivity contribution in [1.29, 1.82) is 0 Å². The van der Waals surface area contributed by atoms with E-state index in [2.05, 4.69) is 10.2 Å². The molecule has 0 radical (unpaired) electrons. The molecular weight excluding hydrogens is 246 g/mol. The fourth-order valence-corrected chi connectivity index (χ4v) is 2.54. The van der Waals surface area contributed by atoms with Crippen LogP contribution in [0.3, 0.4) is 0 Å². The van der Waals surface area contributed by atoms with Gasteiger partial charge in [-0.15, -0.1) is 0 Å². The second-order valence-electron chi connectivity index (χ2n) is 5.61. The Morgan fingerprint density at radius 2 is 2.11 bits per heavy atom. The molecule has 4 N–H and O–H groups in total. The lowest BCUT2D eigenvalue weighted by atomic mass is 9.91. The van der Waals surface area contributed by atoms with Gasteiger partial charge >= 0.3 is 5.97 Å². The van der Waals surface area contributed by atoms with Crippen molar-refractivity contribution in [2.75, 3.05) is 26.2 Å². The molecule has 1 rings (SSSR count). The molecule has 0 aliphatic carbocycles. The number of piperidine rings is 1. The number of rotatable bonds is 6. The number of likely N-dealkylation sites (tertiary alicyclic amines) is 1. The van der Waals surface area contributed by atoms with Gasteiger partial charge in [0, 0.05) is 44.6 Å². The van der Waals surface area contributed by atoms with E-state index in [0.29, 0.717) is 6.54 Å². The van der Waals surface area contributed by atoms with Crippen molar-refractivity contribution in [3.05, 3.63) is 0 Å². The predicted octanol–water partition coefficient (Wildman–Crippen LogP) is -0.117. The highest BCUT2D eigenvalue weighted by atomic mass is 16.4. The van der Waals surface area contributed by atoms with E-state index in [9.17, 15) is 9.59 Å². The van der Waals surface area contributed by atoms with Crippen LogP contribution in [0.5, 0.6) is 0 Å². The molecule has 1 aliphatic heterocycles. The van der Waals surface area contributed by atoms with E-state index in [0.717, 1.165) is 26.1 Å². The predicted molar refractivity (Wildman–Crippen MR) is 72.6 cm³/mol. The van der Waals surface area contributed by atoms with Crippen LogP contribution in [0.4, 0.5) is 0 Å². The molecule has 0 aromatic carbocycles. The number of aliphatic carboxylic acids is 1. The minimum atomic E-state index is -0.784. The summed E-state index contributed by atoms with van der Waals surface area (Å²) in [7, 11) is 0. The molecule has 0 aromatic heterocycles. The Kier molecular flexibility index (Phi) is 6.24. The summed E-state index contributed by atoms with van der Waals surface area (Å²) in [4.78, 5) is 24.7. The number of amides is 1. The van der Waals surface area contributed by atoms with Gasteiger partial charge in [0.05, 0.1) is 0 Å². The standard InChI is InChI=1S/C13H25N3O3/c1-9(2)13(19)15-11-5-10(6-12(17)18)7-16(8-11)4-3-14/h9-11H,3-8,14H2,1-2H3,(H,15,19)(H,17,18). The van der Waals surface area contributed by atoms with Gasteiger partial charge in [-0.3, -0.25) is 14.5 Å². The molecule has 1 aliphatic rings. The van der Waals surface area contributed by atoms with Crippen molar-refractivity contribution >= 4 is 11.9 Å². The molecule has 1 heterocycles. The van der Waals surface area contributed by atoms with Gasteiger partial charge in [-0.25, -0.2) is 0 Å². The second-order valence-corrected chi connectivity index (χ2v) is 5.61. The summed E-state index contributed by atoms with van der Waals surface area (Å²) in [5, 5.41) is 11.9.